The lowest BCUT2D eigenvalue weighted by atomic mass is 10.1. The molecular formula is C14H20N4. The zero-order valence-electron chi connectivity index (χ0n) is 11.1. The smallest absolute Gasteiger partial charge is 0.0532 e. The molecule has 2 N–H and O–H groups in total. The molecule has 0 radical (unpaired) electrons. The van der Waals surface area contributed by atoms with E-state index in [1.165, 1.54) is 16.8 Å². The Labute approximate surface area is 108 Å². The molecular weight excluding hydrogens is 224 g/mol. The summed E-state index contributed by atoms with van der Waals surface area (Å²) in [6.07, 6.45) is 3.75. The lowest BCUT2D eigenvalue weighted by Crippen LogP contribution is -2.18. The molecule has 0 aliphatic heterocycles. The lowest BCUT2D eigenvalue weighted by molar-refractivity contribution is 0.575. The van der Waals surface area contributed by atoms with E-state index in [1.807, 2.05) is 12.4 Å². The fourth-order valence-electron chi connectivity index (χ4n) is 1.82. The van der Waals surface area contributed by atoms with E-state index in [0.29, 0.717) is 6.04 Å². The van der Waals surface area contributed by atoms with Crippen LogP contribution in [0.15, 0.2) is 36.7 Å². The van der Waals surface area contributed by atoms with Gasteiger partial charge in [-0.3, -0.25) is 5.10 Å². The van der Waals surface area contributed by atoms with Crippen molar-refractivity contribution in [2.45, 2.75) is 19.5 Å². The number of rotatable bonds is 5. The van der Waals surface area contributed by atoms with Gasteiger partial charge in [-0.2, -0.15) is 5.10 Å². The third kappa shape index (κ3) is 3.11. The maximum atomic E-state index is 3.93. The van der Waals surface area contributed by atoms with Crippen LogP contribution in [0.25, 0.3) is 0 Å². The summed E-state index contributed by atoms with van der Waals surface area (Å²) in [6, 6.07) is 8.96. The molecule has 1 unspecified atom stereocenters. The molecule has 0 bridgehead atoms. The van der Waals surface area contributed by atoms with Gasteiger partial charge in [-0.05, 0) is 24.6 Å². The normalized spacial score (nSPS) is 12.4. The van der Waals surface area contributed by atoms with Crippen LogP contribution in [-0.2, 0) is 6.54 Å². The van der Waals surface area contributed by atoms with E-state index in [0.717, 1.165) is 6.54 Å². The van der Waals surface area contributed by atoms with Crippen LogP contribution < -0.4 is 10.2 Å². The SMILES string of the molecule is CC(NCc1cn[nH]c1)c1ccc(N(C)C)cc1. The van der Waals surface area contributed by atoms with Crippen molar-refractivity contribution in [1.29, 1.82) is 0 Å². The van der Waals surface area contributed by atoms with Gasteiger partial charge in [-0.25, -0.2) is 0 Å². The monoisotopic (exact) mass is 244 g/mol. The summed E-state index contributed by atoms with van der Waals surface area (Å²) in [5.41, 5.74) is 3.69. The molecule has 0 spiro atoms. The molecule has 0 saturated heterocycles. The number of hydrogen-bond donors (Lipinski definition) is 2. The molecule has 0 saturated carbocycles. The highest BCUT2D eigenvalue weighted by Gasteiger charge is 2.05. The number of nitrogens with zero attached hydrogens (tertiary/aromatic N) is 2. The molecule has 4 nitrogen and oxygen atoms in total. The largest absolute Gasteiger partial charge is 0.378 e. The maximum absolute atomic E-state index is 3.93. The van der Waals surface area contributed by atoms with Crippen molar-refractivity contribution in [3.05, 3.63) is 47.8 Å². The average Bonchev–Trinajstić information content (AvgIpc) is 2.89. The molecule has 2 aromatic rings. The van der Waals surface area contributed by atoms with E-state index < -0.39 is 0 Å². The predicted octanol–water partition coefficient (Wildman–Crippen LogP) is 2.33. The van der Waals surface area contributed by atoms with E-state index in [9.17, 15) is 0 Å². The van der Waals surface area contributed by atoms with Crippen molar-refractivity contribution in [2.75, 3.05) is 19.0 Å². The summed E-state index contributed by atoms with van der Waals surface area (Å²) < 4.78 is 0. The highest BCUT2D eigenvalue weighted by molar-refractivity contribution is 5.46. The first kappa shape index (κ1) is 12.6. The van der Waals surface area contributed by atoms with Crippen LogP contribution in [0.5, 0.6) is 0 Å². The van der Waals surface area contributed by atoms with Crippen molar-refractivity contribution >= 4 is 5.69 Å². The van der Waals surface area contributed by atoms with Crippen LogP contribution in [0.2, 0.25) is 0 Å². The third-order valence-corrected chi connectivity index (χ3v) is 3.08. The molecule has 0 aliphatic rings. The second-order valence-corrected chi connectivity index (χ2v) is 4.70. The highest BCUT2D eigenvalue weighted by atomic mass is 15.1. The van der Waals surface area contributed by atoms with Crippen molar-refractivity contribution in [3.63, 3.8) is 0 Å². The van der Waals surface area contributed by atoms with Gasteiger partial charge in [0.05, 0.1) is 6.20 Å². The summed E-state index contributed by atoms with van der Waals surface area (Å²) in [4.78, 5) is 2.10. The highest BCUT2D eigenvalue weighted by Crippen LogP contribution is 2.17. The Bertz CT molecular complexity index is 459. The van der Waals surface area contributed by atoms with Crippen molar-refractivity contribution in [3.8, 4) is 0 Å². The fraction of sp³-hybridized carbons (Fsp3) is 0.357. The zero-order valence-corrected chi connectivity index (χ0v) is 11.1. The summed E-state index contributed by atoms with van der Waals surface area (Å²) in [6.45, 7) is 3.00. The molecule has 96 valence electrons. The van der Waals surface area contributed by atoms with E-state index in [-0.39, 0.29) is 0 Å². The molecule has 0 amide bonds. The van der Waals surface area contributed by atoms with Crippen LogP contribution in [0, 0.1) is 0 Å². The van der Waals surface area contributed by atoms with Gasteiger partial charge in [0.15, 0.2) is 0 Å². The van der Waals surface area contributed by atoms with Gasteiger partial charge in [0, 0.05) is 44.1 Å². The first-order valence-electron chi connectivity index (χ1n) is 6.15. The number of anilines is 1. The van der Waals surface area contributed by atoms with Crippen LogP contribution in [0.1, 0.15) is 24.1 Å². The first-order chi connectivity index (χ1) is 8.66. The van der Waals surface area contributed by atoms with Crippen LogP contribution in [0.3, 0.4) is 0 Å². The van der Waals surface area contributed by atoms with E-state index in [1.54, 1.807) is 0 Å². The first-order valence-corrected chi connectivity index (χ1v) is 6.15. The molecule has 1 aromatic heterocycles. The maximum Gasteiger partial charge on any atom is 0.0532 e. The third-order valence-electron chi connectivity index (χ3n) is 3.08. The van der Waals surface area contributed by atoms with Gasteiger partial charge >= 0.3 is 0 Å². The minimum absolute atomic E-state index is 0.330. The number of aromatic nitrogens is 2. The van der Waals surface area contributed by atoms with E-state index >= 15 is 0 Å². The summed E-state index contributed by atoms with van der Waals surface area (Å²) in [5, 5.41) is 10.2. The van der Waals surface area contributed by atoms with Crippen molar-refractivity contribution in [2.24, 2.45) is 0 Å². The number of nitrogens with one attached hydrogen (secondary N) is 2. The zero-order chi connectivity index (χ0) is 13.0. The predicted molar refractivity (Wildman–Crippen MR) is 74.6 cm³/mol. The Kier molecular flexibility index (Phi) is 3.99. The second-order valence-electron chi connectivity index (χ2n) is 4.70. The van der Waals surface area contributed by atoms with Gasteiger partial charge < -0.3 is 10.2 Å². The van der Waals surface area contributed by atoms with Crippen molar-refractivity contribution < 1.29 is 0 Å². The van der Waals surface area contributed by atoms with E-state index in [4.69, 9.17) is 0 Å². The minimum Gasteiger partial charge on any atom is -0.378 e. The van der Waals surface area contributed by atoms with Crippen molar-refractivity contribution in [1.82, 2.24) is 15.5 Å². The number of H-pyrrole nitrogens is 1. The van der Waals surface area contributed by atoms with Gasteiger partial charge in [0.2, 0.25) is 0 Å². The Hall–Kier alpha value is -1.81. The van der Waals surface area contributed by atoms with Gasteiger partial charge in [0.25, 0.3) is 0 Å². The summed E-state index contributed by atoms with van der Waals surface area (Å²) >= 11 is 0. The Balaban J connectivity index is 1.94. The molecule has 1 atom stereocenters. The Morgan fingerprint density at radius 2 is 2.00 bits per heavy atom. The Morgan fingerprint density at radius 3 is 2.56 bits per heavy atom. The standard InChI is InChI=1S/C14H20N4/c1-11(15-8-12-9-16-17-10-12)13-4-6-14(7-5-13)18(2)3/h4-7,9-11,15H,8H2,1-3H3,(H,16,17). The summed E-state index contributed by atoms with van der Waals surface area (Å²) in [7, 11) is 4.10. The molecule has 4 heteroatoms. The minimum atomic E-state index is 0.330. The quantitative estimate of drug-likeness (QED) is 0.848. The molecule has 2 rings (SSSR count). The molecule has 0 fully saturated rings. The number of benzene rings is 1. The van der Waals surface area contributed by atoms with Gasteiger partial charge in [-0.15, -0.1) is 0 Å². The topological polar surface area (TPSA) is 44.0 Å². The Morgan fingerprint density at radius 1 is 1.28 bits per heavy atom. The molecule has 1 heterocycles. The summed E-state index contributed by atoms with van der Waals surface area (Å²) in [5.74, 6) is 0. The molecule has 1 aromatic carbocycles. The van der Waals surface area contributed by atoms with Crippen LogP contribution in [-0.4, -0.2) is 24.3 Å². The average molecular weight is 244 g/mol. The molecule has 0 aliphatic carbocycles. The second kappa shape index (κ2) is 5.69. The molecule has 18 heavy (non-hydrogen) atoms. The van der Waals surface area contributed by atoms with E-state index in [2.05, 4.69) is 65.7 Å². The van der Waals surface area contributed by atoms with Crippen LogP contribution >= 0.6 is 0 Å². The number of hydrogen-bond acceptors (Lipinski definition) is 3. The lowest BCUT2D eigenvalue weighted by Gasteiger charge is -2.16. The fourth-order valence-corrected chi connectivity index (χ4v) is 1.82. The van der Waals surface area contributed by atoms with Gasteiger partial charge in [-0.1, -0.05) is 12.1 Å². The van der Waals surface area contributed by atoms with Gasteiger partial charge in [0.1, 0.15) is 0 Å². The number of aromatic amines is 1. The van der Waals surface area contributed by atoms with Crippen LogP contribution in [0.4, 0.5) is 5.69 Å².